The highest BCUT2D eigenvalue weighted by Crippen LogP contribution is 2.19. The lowest BCUT2D eigenvalue weighted by atomic mass is 10.1. The smallest absolute Gasteiger partial charge is 0.242 e. The number of thioether (sulfide) groups is 1. The van der Waals surface area contributed by atoms with Crippen molar-refractivity contribution < 1.29 is 9.59 Å². The largest absolute Gasteiger partial charge is 0.354 e. The van der Waals surface area contributed by atoms with E-state index < -0.39 is 6.04 Å². The van der Waals surface area contributed by atoms with Gasteiger partial charge in [-0.15, -0.1) is 11.8 Å². The molecule has 5 heteroatoms. The van der Waals surface area contributed by atoms with E-state index in [2.05, 4.69) is 37.4 Å². The zero-order valence-electron chi connectivity index (χ0n) is 18.6. The van der Waals surface area contributed by atoms with Crippen LogP contribution in [0.5, 0.6) is 0 Å². The summed E-state index contributed by atoms with van der Waals surface area (Å²) in [6.07, 6.45) is 1.47. The predicted octanol–water partition coefficient (Wildman–Crippen LogP) is 4.87. The van der Waals surface area contributed by atoms with Crippen LogP contribution < -0.4 is 5.32 Å². The van der Waals surface area contributed by atoms with Gasteiger partial charge in [0.05, 0.1) is 5.75 Å². The molecule has 0 aliphatic carbocycles. The Bertz CT molecular complexity index is 803. The first-order valence-electron chi connectivity index (χ1n) is 10.7. The average molecular weight is 427 g/mol. The number of hydrogen-bond acceptors (Lipinski definition) is 3. The summed E-state index contributed by atoms with van der Waals surface area (Å²) in [6, 6.07) is 15.9. The van der Waals surface area contributed by atoms with E-state index in [0.717, 1.165) is 17.7 Å². The number of carbonyl (C=O) groups is 2. The number of amides is 2. The van der Waals surface area contributed by atoms with Gasteiger partial charge in [0.15, 0.2) is 0 Å². The Balaban J connectivity index is 2.09. The molecule has 0 saturated heterocycles. The fourth-order valence-electron chi connectivity index (χ4n) is 3.56. The number of aryl methyl sites for hydroxylation is 2. The highest BCUT2D eigenvalue weighted by atomic mass is 32.2. The molecule has 0 radical (unpaired) electrons. The van der Waals surface area contributed by atoms with Gasteiger partial charge in [-0.1, -0.05) is 73.5 Å². The highest BCUT2D eigenvalue weighted by molar-refractivity contribution is 7.99. The van der Waals surface area contributed by atoms with Gasteiger partial charge >= 0.3 is 0 Å². The molecule has 1 N–H and O–H groups in total. The lowest BCUT2D eigenvalue weighted by Crippen LogP contribution is -2.49. The average Bonchev–Trinajstić information content (AvgIpc) is 2.72. The van der Waals surface area contributed by atoms with Crippen LogP contribution in [-0.4, -0.2) is 35.1 Å². The lowest BCUT2D eigenvalue weighted by molar-refractivity contribution is -0.139. The third-order valence-electron chi connectivity index (χ3n) is 4.91. The van der Waals surface area contributed by atoms with Crippen molar-refractivity contribution in [2.75, 3.05) is 12.3 Å². The number of rotatable bonds is 11. The summed E-state index contributed by atoms with van der Waals surface area (Å²) in [5, 5.41) is 2.96. The van der Waals surface area contributed by atoms with E-state index in [-0.39, 0.29) is 11.8 Å². The maximum absolute atomic E-state index is 13.2. The molecule has 0 spiro atoms. The molecule has 0 fully saturated rings. The Labute approximate surface area is 185 Å². The van der Waals surface area contributed by atoms with Crippen LogP contribution in [0.15, 0.2) is 48.5 Å². The van der Waals surface area contributed by atoms with Crippen LogP contribution in [0.1, 0.15) is 48.9 Å². The molecule has 4 nitrogen and oxygen atoms in total. The third kappa shape index (κ3) is 7.52. The molecule has 0 aromatic heterocycles. The SMILES string of the molecule is CCCNC(=O)[C@H](CC)N(Cc1ccccc1)C(=O)CSCc1cc(C)cc(C)c1. The Morgan fingerprint density at radius 2 is 1.67 bits per heavy atom. The Hall–Kier alpha value is -2.27. The number of carbonyl (C=O) groups excluding carboxylic acids is 2. The molecule has 0 unspecified atom stereocenters. The van der Waals surface area contributed by atoms with Gasteiger partial charge in [-0.3, -0.25) is 9.59 Å². The number of benzene rings is 2. The minimum absolute atomic E-state index is 0.00623. The van der Waals surface area contributed by atoms with Crippen LogP contribution in [-0.2, 0) is 21.9 Å². The van der Waals surface area contributed by atoms with Crippen molar-refractivity contribution in [3.8, 4) is 0 Å². The first-order valence-corrected chi connectivity index (χ1v) is 11.9. The zero-order valence-corrected chi connectivity index (χ0v) is 19.4. The summed E-state index contributed by atoms with van der Waals surface area (Å²) in [7, 11) is 0. The molecule has 162 valence electrons. The molecule has 2 aromatic carbocycles. The number of hydrogen-bond donors (Lipinski definition) is 1. The van der Waals surface area contributed by atoms with E-state index in [0.29, 0.717) is 25.3 Å². The van der Waals surface area contributed by atoms with Crippen molar-refractivity contribution in [2.24, 2.45) is 0 Å². The summed E-state index contributed by atoms with van der Waals surface area (Å²) in [4.78, 5) is 27.6. The maximum Gasteiger partial charge on any atom is 0.242 e. The molecule has 30 heavy (non-hydrogen) atoms. The van der Waals surface area contributed by atoms with Crippen LogP contribution in [0, 0.1) is 13.8 Å². The van der Waals surface area contributed by atoms with E-state index in [1.54, 1.807) is 16.7 Å². The van der Waals surface area contributed by atoms with Crippen molar-refractivity contribution >= 4 is 23.6 Å². The first-order chi connectivity index (χ1) is 14.4. The van der Waals surface area contributed by atoms with Gasteiger partial charge < -0.3 is 10.2 Å². The van der Waals surface area contributed by atoms with E-state index in [1.165, 1.54) is 16.7 Å². The van der Waals surface area contributed by atoms with E-state index in [4.69, 9.17) is 0 Å². The minimum Gasteiger partial charge on any atom is -0.354 e. The monoisotopic (exact) mass is 426 g/mol. The minimum atomic E-state index is -0.453. The molecule has 2 rings (SSSR count). The summed E-state index contributed by atoms with van der Waals surface area (Å²) >= 11 is 1.61. The highest BCUT2D eigenvalue weighted by Gasteiger charge is 2.28. The first kappa shape index (κ1) is 24.0. The predicted molar refractivity (Wildman–Crippen MR) is 126 cm³/mol. The van der Waals surface area contributed by atoms with E-state index in [1.807, 2.05) is 44.2 Å². The van der Waals surface area contributed by atoms with Gasteiger partial charge in [-0.2, -0.15) is 0 Å². The van der Waals surface area contributed by atoms with E-state index in [9.17, 15) is 9.59 Å². The Kier molecular flexibility index (Phi) is 9.95. The van der Waals surface area contributed by atoms with Gasteiger partial charge in [-0.25, -0.2) is 0 Å². The maximum atomic E-state index is 13.2. The molecule has 0 heterocycles. The van der Waals surface area contributed by atoms with Crippen LogP contribution in [0.4, 0.5) is 0 Å². The van der Waals surface area contributed by atoms with Gasteiger partial charge in [-0.05, 0) is 37.8 Å². The Morgan fingerprint density at radius 3 is 2.27 bits per heavy atom. The van der Waals surface area contributed by atoms with Crippen molar-refractivity contribution in [2.45, 2.75) is 58.9 Å². The Morgan fingerprint density at radius 1 is 1.00 bits per heavy atom. The normalized spacial score (nSPS) is 11.7. The lowest BCUT2D eigenvalue weighted by Gasteiger charge is -2.30. The second kappa shape index (κ2) is 12.4. The van der Waals surface area contributed by atoms with Crippen LogP contribution in [0.3, 0.4) is 0 Å². The third-order valence-corrected chi connectivity index (χ3v) is 5.90. The summed E-state index contributed by atoms with van der Waals surface area (Å²) in [5.74, 6) is 1.08. The second-order valence-corrected chi connectivity index (χ2v) is 8.70. The topological polar surface area (TPSA) is 49.4 Å². The molecular weight excluding hydrogens is 392 g/mol. The van der Waals surface area contributed by atoms with Gasteiger partial charge in [0.2, 0.25) is 11.8 Å². The van der Waals surface area contributed by atoms with Crippen molar-refractivity contribution in [1.82, 2.24) is 10.2 Å². The van der Waals surface area contributed by atoms with Gasteiger partial charge in [0.1, 0.15) is 6.04 Å². The molecule has 1 atom stereocenters. The van der Waals surface area contributed by atoms with Gasteiger partial charge in [0, 0.05) is 18.8 Å². The quantitative estimate of drug-likeness (QED) is 0.558. The number of nitrogens with zero attached hydrogens (tertiary/aromatic N) is 1. The summed E-state index contributed by atoms with van der Waals surface area (Å²) < 4.78 is 0. The van der Waals surface area contributed by atoms with Gasteiger partial charge in [0.25, 0.3) is 0 Å². The summed E-state index contributed by atoms with van der Waals surface area (Å²) in [6.45, 7) is 9.25. The summed E-state index contributed by atoms with van der Waals surface area (Å²) in [5.41, 5.74) is 4.74. The fourth-order valence-corrected chi connectivity index (χ4v) is 4.40. The fraction of sp³-hybridized carbons (Fsp3) is 0.440. The van der Waals surface area contributed by atoms with Crippen molar-refractivity contribution in [1.29, 1.82) is 0 Å². The number of nitrogens with one attached hydrogen (secondary N) is 1. The molecule has 0 aliphatic heterocycles. The van der Waals surface area contributed by atoms with Crippen LogP contribution in [0.2, 0.25) is 0 Å². The van der Waals surface area contributed by atoms with E-state index >= 15 is 0 Å². The zero-order chi connectivity index (χ0) is 21.9. The van der Waals surface area contributed by atoms with Crippen LogP contribution in [0.25, 0.3) is 0 Å². The van der Waals surface area contributed by atoms with Crippen LogP contribution >= 0.6 is 11.8 Å². The molecule has 2 aromatic rings. The van der Waals surface area contributed by atoms with Crippen molar-refractivity contribution in [3.05, 3.63) is 70.8 Å². The van der Waals surface area contributed by atoms with Crippen molar-refractivity contribution in [3.63, 3.8) is 0 Å². The molecule has 0 bridgehead atoms. The second-order valence-electron chi connectivity index (χ2n) is 7.71. The molecule has 2 amide bonds. The molecular formula is C25H34N2O2S. The molecule has 0 saturated carbocycles. The molecule has 0 aliphatic rings. The standard InChI is InChI=1S/C25H34N2O2S/c1-5-12-26-25(29)23(6-2)27(16-21-10-8-7-9-11-21)24(28)18-30-17-22-14-19(3)13-20(4)15-22/h7-11,13-15,23H,5-6,12,16-18H2,1-4H3,(H,26,29)/t23-/m0/s1.